The van der Waals surface area contributed by atoms with Crippen molar-refractivity contribution in [2.45, 2.75) is 52.0 Å². The van der Waals surface area contributed by atoms with E-state index in [1.807, 2.05) is 11.3 Å². The topological polar surface area (TPSA) is 12.0 Å². The number of nitrogens with one attached hydrogen (secondary N) is 1. The predicted octanol–water partition coefficient (Wildman–Crippen LogP) is 4.86. The molecule has 1 N–H and O–H groups in total. The van der Waals surface area contributed by atoms with Gasteiger partial charge in [0.15, 0.2) is 0 Å². The zero-order valence-electron chi connectivity index (χ0n) is 11.4. The molecule has 0 radical (unpaired) electrons. The van der Waals surface area contributed by atoms with Gasteiger partial charge in [-0.05, 0) is 65.7 Å². The van der Waals surface area contributed by atoms with E-state index in [1.165, 1.54) is 42.4 Å². The molecule has 0 aromatic carbocycles. The van der Waals surface area contributed by atoms with Gasteiger partial charge in [0.05, 0.1) is 3.79 Å². The summed E-state index contributed by atoms with van der Waals surface area (Å²) in [6.45, 7) is 5.69. The molecule has 1 heterocycles. The van der Waals surface area contributed by atoms with E-state index in [0.29, 0.717) is 6.04 Å². The fourth-order valence-electron chi connectivity index (χ4n) is 2.93. The molecule has 102 valence electrons. The number of hydrogen-bond donors (Lipinski definition) is 1. The minimum atomic E-state index is 0.614. The van der Waals surface area contributed by atoms with E-state index in [0.717, 1.165) is 11.8 Å². The van der Waals surface area contributed by atoms with Gasteiger partial charge in [0, 0.05) is 10.9 Å². The third kappa shape index (κ3) is 4.36. The van der Waals surface area contributed by atoms with Gasteiger partial charge in [0.2, 0.25) is 0 Å². The van der Waals surface area contributed by atoms with Crippen LogP contribution in [0.3, 0.4) is 0 Å². The molecule has 1 aliphatic rings. The highest BCUT2D eigenvalue weighted by Crippen LogP contribution is 2.34. The van der Waals surface area contributed by atoms with Crippen molar-refractivity contribution in [3.8, 4) is 0 Å². The summed E-state index contributed by atoms with van der Waals surface area (Å²) >= 11 is 5.47. The third-order valence-corrected chi connectivity index (χ3v) is 5.59. The van der Waals surface area contributed by atoms with Crippen LogP contribution in [0.2, 0.25) is 0 Å². The SMILES string of the molecule is CC(C)NCC1CCCCC1Cc1ccc(Br)s1. The molecule has 0 bridgehead atoms. The van der Waals surface area contributed by atoms with Crippen molar-refractivity contribution in [3.05, 3.63) is 20.8 Å². The lowest BCUT2D eigenvalue weighted by Gasteiger charge is -2.32. The van der Waals surface area contributed by atoms with Crippen molar-refractivity contribution in [1.29, 1.82) is 0 Å². The van der Waals surface area contributed by atoms with Crippen molar-refractivity contribution in [3.63, 3.8) is 0 Å². The summed E-state index contributed by atoms with van der Waals surface area (Å²) in [4.78, 5) is 1.54. The van der Waals surface area contributed by atoms with E-state index in [1.54, 1.807) is 4.88 Å². The summed E-state index contributed by atoms with van der Waals surface area (Å²) in [6.07, 6.45) is 6.96. The number of hydrogen-bond acceptors (Lipinski definition) is 2. The molecule has 1 fully saturated rings. The first-order valence-corrected chi connectivity index (χ1v) is 8.73. The first kappa shape index (κ1) is 14.5. The highest BCUT2D eigenvalue weighted by Gasteiger charge is 2.25. The van der Waals surface area contributed by atoms with Crippen molar-refractivity contribution in [1.82, 2.24) is 5.32 Å². The molecule has 2 atom stereocenters. The quantitative estimate of drug-likeness (QED) is 0.813. The van der Waals surface area contributed by atoms with Crippen LogP contribution in [0, 0.1) is 11.8 Å². The van der Waals surface area contributed by atoms with Gasteiger partial charge in [-0.2, -0.15) is 0 Å². The lowest BCUT2D eigenvalue weighted by atomic mass is 9.77. The van der Waals surface area contributed by atoms with Gasteiger partial charge in [-0.1, -0.05) is 26.7 Å². The molecule has 0 aliphatic heterocycles. The summed E-state index contributed by atoms with van der Waals surface area (Å²) in [5.74, 6) is 1.76. The maximum atomic E-state index is 3.63. The Hall–Kier alpha value is 0.140. The largest absolute Gasteiger partial charge is 0.314 e. The molecule has 1 aliphatic carbocycles. The Bertz CT molecular complexity index is 361. The Morgan fingerprint density at radius 1 is 1.28 bits per heavy atom. The molecular weight excluding hydrogens is 306 g/mol. The maximum absolute atomic E-state index is 3.63. The molecule has 0 spiro atoms. The van der Waals surface area contributed by atoms with Crippen LogP contribution in [-0.2, 0) is 6.42 Å². The van der Waals surface area contributed by atoms with Crippen molar-refractivity contribution in [2.24, 2.45) is 11.8 Å². The second-order valence-corrected chi connectivity index (χ2v) is 8.33. The van der Waals surface area contributed by atoms with Crippen LogP contribution < -0.4 is 5.32 Å². The average molecular weight is 330 g/mol. The molecule has 18 heavy (non-hydrogen) atoms. The van der Waals surface area contributed by atoms with Gasteiger partial charge < -0.3 is 5.32 Å². The monoisotopic (exact) mass is 329 g/mol. The lowest BCUT2D eigenvalue weighted by molar-refractivity contribution is 0.225. The van der Waals surface area contributed by atoms with E-state index < -0.39 is 0 Å². The molecule has 0 saturated heterocycles. The van der Waals surface area contributed by atoms with Crippen LogP contribution in [0.15, 0.2) is 15.9 Å². The van der Waals surface area contributed by atoms with Crippen LogP contribution in [0.5, 0.6) is 0 Å². The van der Waals surface area contributed by atoms with E-state index in [2.05, 4.69) is 47.2 Å². The van der Waals surface area contributed by atoms with Gasteiger partial charge in [0.25, 0.3) is 0 Å². The second kappa shape index (κ2) is 7.06. The Morgan fingerprint density at radius 2 is 2.00 bits per heavy atom. The standard InChI is InChI=1S/C15H24BrNS/c1-11(2)17-10-13-6-4-3-5-12(13)9-14-7-8-15(16)18-14/h7-8,11-13,17H,3-6,9-10H2,1-2H3. The number of rotatable bonds is 5. The average Bonchev–Trinajstić information content (AvgIpc) is 2.73. The van der Waals surface area contributed by atoms with Crippen LogP contribution >= 0.6 is 27.3 Å². The summed E-state index contributed by atoms with van der Waals surface area (Å²) in [5, 5.41) is 3.63. The van der Waals surface area contributed by atoms with Crippen molar-refractivity contribution in [2.75, 3.05) is 6.54 Å². The molecule has 2 rings (SSSR count). The highest BCUT2D eigenvalue weighted by atomic mass is 79.9. The minimum absolute atomic E-state index is 0.614. The molecule has 2 unspecified atom stereocenters. The van der Waals surface area contributed by atoms with E-state index in [9.17, 15) is 0 Å². The summed E-state index contributed by atoms with van der Waals surface area (Å²) < 4.78 is 1.27. The summed E-state index contributed by atoms with van der Waals surface area (Å²) in [7, 11) is 0. The van der Waals surface area contributed by atoms with E-state index in [4.69, 9.17) is 0 Å². The van der Waals surface area contributed by atoms with Gasteiger partial charge in [-0.25, -0.2) is 0 Å². The Balaban J connectivity index is 1.90. The van der Waals surface area contributed by atoms with Crippen LogP contribution in [0.1, 0.15) is 44.4 Å². The second-order valence-electron chi connectivity index (χ2n) is 5.78. The molecule has 0 amide bonds. The Labute approximate surface area is 123 Å². The number of halogens is 1. The molecule has 1 aromatic heterocycles. The maximum Gasteiger partial charge on any atom is 0.0701 e. The summed E-state index contributed by atoms with van der Waals surface area (Å²) in [5.41, 5.74) is 0. The zero-order chi connectivity index (χ0) is 13.0. The molecule has 1 saturated carbocycles. The molecule has 3 heteroatoms. The van der Waals surface area contributed by atoms with Gasteiger partial charge in [-0.15, -0.1) is 11.3 Å². The lowest BCUT2D eigenvalue weighted by Crippen LogP contribution is -2.34. The van der Waals surface area contributed by atoms with Crippen LogP contribution in [-0.4, -0.2) is 12.6 Å². The zero-order valence-corrected chi connectivity index (χ0v) is 13.8. The van der Waals surface area contributed by atoms with Crippen LogP contribution in [0.4, 0.5) is 0 Å². The normalized spacial score (nSPS) is 24.7. The Morgan fingerprint density at radius 3 is 2.61 bits per heavy atom. The smallest absolute Gasteiger partial charge is 0.0701 e. The van der Waals surface area contributed by atoms with Crippen molar-refractivity contribution < 1.29 is 0 Å². The third-order valence-electron chi connectivity index (χ3n) is 3.95. The highest BCUT2D eigenvalue weighted by molar-refractivity contribution is 9.11. The minimum Gasteiger partial charge on any atom is -0.314 e. The van der Waals surface area contributed by atoms with Gasteiger partial charge in [0.1, 0.15) is 0 Å². The number of thiophene rings is 1. The van der Waals surface area contributed by atoms with Gasteiger partial charge >= 0.3 is 0 Å². The molecule has 1 nitrogen and oxygen atoms in total. The first-order chi connectivity index (χ1) is 8.65. The fourth-order valence-corrected chi connectivity index (χ4v) is 4.50. The van der Waals surface area contributed by atoms with E-state index in [-0.39, 0.29) is 0 Å². The van der Waals surface area contributed by atoms with Gasteiger partial charge in [-0.3, -0.25) is 0 Å². The Kier molecular flexibility index (Phi) is 5.71. The predicted molar refractivity (Wildman–Crippen MR) is 84.3 cm³/mol. The molecular formula is C15H24BrNS. The van der Waals surface area contributed by atoms with E-state index >= 15 is 0 Å². The van der Waals surface area contributed by atoms with Crippen molar-refractivity contribution >= 4 is 27.3 Å². The first-order valence-electron chi connectivity index (χ1n) is 7.12. The van der Waals surface area contributed by atoms with Crippen LogP contribution in [0.25, 0.3) is 0 Å². The fraction of sp³-hybridized carbons (Fsp3) is 0.733. The summed E-state index contributed by atoms with van der Waals surface area (Å²) in [6, 6.07) is 5.09. The molecule has 1 aromatic rings.